The molecule has 1 saturated heterocycles. The van der Waals surface area contributed by atoms with Gasteiger partial charge in [-0.3, -0.25) is 4.79 Å². The van der Waals surface area contributed by atoms with E-state index in [-0.39, 0.29) is 5.91 Å². The number of piperidine rings is 1. The number of amides is 1. The molecule has 1 N–H and O–H groups in total. The first kappa shape index (κ1) is 14.5. The van der Waals surface area contributed by atoms with Crippen LogP contribution in [-0.2, 0) is 0 Å². The number of hydrogen-bond acceptors (Lipinski definition) is 6. The van der Waals surface area contributed by atoms with Gasteiger partial charge in [-0.1, -0.05) is 12.1 Å². The van der Waals surface area contributed by atoms with Crippen molar-refractivity contribution >= 4 is 17.7 Å². The topological polar surface area (TPSA) is 84.2 Å². The van der Waals surface area contributed by atoms with Crippen molar-refractivity contribution < 1.29 is 9.32 Å². The largest absolute Gasteiger partial charge is 0.360 e. The summed E-state index contributed by atoms with van der Waals surface area (Å²) in [5, 5.41) is 6.73. The van der Waals surface area contributed by atoms with Gasteiger partial charge in [0.05, 0.1) is 5.56 Å². The van der Waals surface area contributed by atoms with Crippen LogP contribution >= 0.6 is 0 Å². The highest BCUT2D eigenvalue weighted by Gasteiger charge is 2.22. The third-order valence-electron chi connectivity index (χ3n) is 3.71. The maximum Gasteiger partial charge on any atom is 0.257 e. The second-order valence-corrected chi connectivity index (χ2v) is 5.74. The Bertz CT molecular complexity index is 652. The van der Waals surface area contributed by atoms with Gasteiger partial charge in [0, 0.05) is 31.5 Å². The van der Waals surface area contributed by atoms with E-state index >= 15 is 0 Å². The van der Waals surface area contributed by atoms with Crippen LogP contribution < -0.4 is 5.32 Å². The highest BCUT2D eigenvalue weighted by Crippen LogP contribution is 2.18. The van der Waals surface area contributed by atoms with E-state index in [1.165, 1.54) is 6.42 Å². The maximum atomic E-state index is 12.4. The number of likely N-dealkylation sites (tertiary alicyclic amines) is 1. The molecule has 1 aliphatic rings. The molecular formula is C15H19N5O2. The highest BCUT2D eigenvalue weighted by atomic mass is 16.5. The van der Waals surface area contributed by atoms with Gasteiger partial charge in [-0.2, -0.15) is 0 Å². The summed E-state index contributed by atoms with van der Waals surface area (Å²) in [5.41, 5.74) is 0.510. The lowest BCUT2D eigenvalue weighted by Gasteiger charge is -2.30. The lowest BCUT2D eigenvalue weighted by atomic mass is 10.00. The molecule has 1 atom stereocenters. The number of anilines is 2. The molecule has 0 aromatic carbocycles. The third kappa shape index (κ3) is 3.24. The Hall–Kier alpha value is -2.44. The van der Waals surface area contributed by atoms with Crippen molar-refractivity contribution in [3.8, 4) is 0 Å². The van der Waals surface area contributed by atoms with Crippen LogP contribution in [0.25, 0.3) is 0 Å². The van der Waals surface area contributed by atoms with Crippen LogP contribution in [-0.4, -0.2) is 39.0 Å². The van der Waals surface area contributed by atoms with Gasteiger partial charge in [0.25, 0.3) is 5.91 Å². The average Bonchev–Trinajstić information content (AvgIpc) is 2.92. The molecular weight excluding hydrogens is 282 g/mol. The zero-order valence-corrected chi connectivity index (χ0v) is 12.7. The van der Waals surface area contributed by atoms with Crippen molar-refractivity contribution in [3.05, 3.63) is 29.8 Å². The lowest BCUT2D eigenvalue weighted by molar-refractivity contribution is 0.0682. The summed E-state index contributed by atoms with van der Waals surface area (Å²) in [6.07, 6.45) is 5.33. The average molecular weight is 301 g/mol. The number of hydrogen-bond donors (Lipinski definition) is 1. The Morgan fingerprint density at radius 3 is 2.82 bits per heavy atom. The van der Waals surface area contributed by atoms with E-state index in [9.17, 15) is 4.79 Å². The van der Waals surface area contributed by atoms with Crippen molar-refractivity contribution in [1.82, 2.24) is 20.0 Å². The fraction of sp³-hybridized carbons (Fsp3) is 0.467. The molecule has 2 aromatic heterocycles. The summed E-state index contributed by atoms with van der Waals surface area (Å²) in [5.74, 6) is 2.18. The molecule has 0 bridgehead atoms. The first-order valence-electron chi connectivity index (χ1n) is 7.43. The Morgan fingerprint density at radius 2 is 2.18 bits per heavy atom. The fourth-order valence-corrected chi connectivity index (χ4v) is 2.60. The van der Waals surface area contributed by atoms with Gasteiger partial charge in [-0.15, -0.1) is 0 Å². The smallest absolute Gasteiger partial charge is 0.257 e. The Labute approximate surface area is 128 Å². The molecule has 3 rings (SSSR count). The monoisotopic (exact) mass is 301 g/mol. The standard InChI is InChI=1S/C15H19N5O2/c1-10-4-3-5-20(9-10)14(21)12-7-16-15(17-8-12)18-13-6-11(2)22-19-13/h6-8,10H,3-5,9H2,1-2H3,(H,16,17,18,19). The number of aryl methyl sites for hydroxylation is 1. The number of rotatable bonds is 3. The van der Waals surface area contributed by atoms with E-state index < -0.39 is 0 Å². The van der Waals surface area contributed by atoms with Crippen molar-refractivity contribution in [2.75, 3.05) is 18.4 Å². The molecule has 1 fully saturated rings. The van der Waals surface area contributed by atoms with Crippen LogP contribution in [0.15, 0.2) is 23.0 Å². The zero-order chi connectivity index (χ0) is 15.5. The SMILES string of the molecule is Cc1cc(Nc2ncc(C(=O)N3CCCC(C)C3)cn2)no1. The van der Waals surface area contributed by atoms with Gasteiger partial charge in [-0.05, 0) is 25.7 Å². The van der Waals surface area contributed by atoms with Crippen molar-refractivity contribution in [1.29, 1.82) is 0 Å². The molecule has 116 valence electrons. The molecule has 7 nitrogen and oxygen atoms in total. The summed E-state index contributed by atoms with van der Waals surface area (Å²) in [7, 11) is 0. The number of nitrogens with zero attached hydrogens (tertiary/aromatic N) is 4. The quantitative estimate of drug-likeness (QED) is 0.937. The van der Waals surface area contributed by atoms with Crippen LogP contribution in [0.3, 0.4) is 0 Å². The molecule has 0 spiro atoms. The van der Waals surface area contributed by atoms with Crippen LogP contribution in [0.1, 0.15) is 35.9 Å². The Balaban J connectivity index is 1.67. The van der Waals surface area contributed by atoms with E-state index in [1.54, 1.807) is 25.4 Å². The van der Waals surface area contributed by atoms with Gasteiger partial charge in [0.15, 0.2) is 5.82 Å². The highest BCUT2D eigenvalue weighted by molar-refractivity contribution is 5.93. The predicted octanol–water partition coefficient (Wildman–Crippen LogP) is 2.39. The van der Waals surface area contributed by atoms with Gasteiger partial charge in [0.1, 0.15) is 5.76 Å². The fourth-order valence-electron chi connectivity index (χ4n) is 2.60. The number of carbonyl (C=O) groups excluding carboxylic acids is 1. The van der Waals surface area contributed by atoms with Gasteiger partial charge in [0.2, 0.25) is 5.95 Å². The minimum absolute atomic E-state index is 0.00428. The van der Waals surface area contributed by atoms with Gasteiger partial charge in [-0.25, -0.2) is 9.97 Å². The number of carbonyl (C=O) groups is 1. The molecule has 2 aromatic rings. The van der Waals surface area contributed by atoms with Crippen LogP contribution in [0, 0.1) is 12.8 Å². The normalized spacial score (nSPS) is 18.3. The Morgan fingerprint density at radius 1 is 1.41 bits per heavy atom. The lowest BCUT2D eigenvalue weighted by Crippen LogP contribution is -2.39. The van der Waals surface area contributed by atoms with Gasteiger partial charge < -0.3 is 14.7 Å². The van der Waals surface area contributed by atoms with E-state index in [0.29, 0.717) is 29.0 Å². The predicted molar refractivity (Wildman–Crippen MR) is 80.9 cm³/mol. The molecule has 1 amide bonds. The van der Waals surface area contributed by atoms with Gasteiger partial charge >= 0.3 is 0 Å². The third-order valence-corrected chi connectivity index (χ3v) is 3.71. The molecule has 0 saturated carbocycles. The number of nitrogens with one attached hydrogen (secondary N) is 1. The van der Waals surface area contributed by atoms with E-state index in [4.69, 9.17) is 4.52 Å². The van der Waals surface area contributed by atoms with Crippen molar-refractivity contribution in [3.63, 3.8) is 0 Å². The van der Waals surface area contributed by atoms with Crippen molar-refractivity contribution in [2.24, 2.45) is 5.92 Å². The summed E-state index contributed by atoms with van der Waals surface area (Å²) in [6, 6.07) is 1.75. The summed E-state index contributed by atoms with van der Waals surface area (Å²) in [4.78, 5) is 22.6. The summed E-state index contributed by atoms with van der Waals surface area (Å²) >= 11 is 0. The van der Waals surface area contributed by atoms with E-state index in [2.05, 4.69) is 27.4 Å². The molecule has 0 radical (unpaired) electrons. The van der Waals surface area contributed by atoms with Crippen molar-refractivity contribution in [2.45, 2.75) is 26.7 Å². The second kappa shape index (κ2) is 6.13. The molecule has 1 unspecified atom stereocenters. The molecule has 3 heterocycles. The summed E-state index contributed by atoms with van der Waals surface area (Å²) < 4.78 is 4.96. The van der Waals surface area contributed by atoms with E-state index in [1.807, 2.05) is 4.90 Å². The minimum atomic E-state index is -0.00428. The van der Waals surface area contributed by atoms with Crippen LogP contribution in [0.2, 0.25) is 0 Å². The number of aromatic nitrogens is 3. The van der Waals surface area contributed by atoms with Crippen LogP contribution in [0.4, 0.5) is 11.8 Å². The molecule has 22 heavy (non-hydrogen) atoms. The molecule has 1 aliphatic heterocycles. The Kier molecular flexibility index (Phi) is 4.04. The zero-order valence-electron chi connectivity index (χ0n) is 12.7. The minimum Gasteiger partial charge on any atom is -0.360 e. The first-order chi connectivity index (χ1) is 10.6. The first-order valence-corrected chi connectivity index (χ1v) is 7.43. The van der Waals surface area contributed by atoms with E-state index in [0.717, 1.165) is 19.5 Å². The summed E-state index contributed by atoms with van der Waals surface area (Å²) in [6.45, 7) is 5.59. The molecule has 0 aliphatic carbocycles. The second-order valence-electron chi connectivity index (χ2n) is 5.74. The molecule has 7 heteroatoms. The maximum absolute atomic E-state index is 12.4. The van der Waals surface area contributed by atoms with Crippen LogP contribution in [0.5, 0.6) is 0 Å².